The molecule has 104 valence electrons. The molecule has 0 bridgehead atoms. The highest BCUT2D eigenvalue weighted by molar-refractivity contribution is 9.10. The fourth-order valence-corrected chi connectivity index (χ4v) is 2.79. The molecule has 0 radical (unpaired) electrons. The van der Waals surface area contributed by atoms with Crippen LogP contribution in [-0.4, -0.2) is 30.3 Å². The van der Waals surface area contributed by atoms with Crippen molar-refractivity contribution in [3.8, 4) is 0 Å². The van der Waals surface area contributed by atoms with Gasteiger partial charge in [0.25, 0.3) is 0 Å². The Kier molecular flexibility index (Phi) is 4.60. The summed E-state index contributed by atoms with van der Waals surface area (Å²) in [5.41, 5.74) is 1.35. The smallest absolute Gasteiger partial charge is 0.335 e. The fraction of sp³-hybridized carbons (Fsp3) is 0.500. The number of hydrogen-bond donors (Lipinski definition) is 2. The third kappa shape index (κ3) is 3.35. The first kappa shape index (κ1) is 14.5. The van der Waals surface area contributed by atoms with E-state index in [1.165, 1.54) is 6.42 Å². The van der Waals surface area contributed by atoms with Gasteiger partial charge in [0.15, 0.2) is 0 Å². The van der Waals surface area contributed by atoms with Crippen LogP contribution in [0, 0.1) is 0 Å². The molecule has 0 amide bonds. The second kappa shape index (κ2) is 6.03. The summed E-state index contributed by atoms with van der Waals surface area (Å²) in [5, 5.41) is 12.3. The highest BCUT2D eigenvalue weighted by atomic mass is 79.9. The number of aromatic carboxylic acids is 1. The molecule has 2 rings (SSSR count). The molecule has 0 saturated heterocycles. The highest BCUT2D eigenvalue weighted by Gasteiger charge is 2.36. The lowest BCUT2D eigenvalue weighted by Gasteiger charge is -2.40. The molecule has 1 fully saturated rings. The Morgan fingerprint density at radius 1 is 1.53 bits per heavy atom. The zero-order valence-electron chi connectivity index (χ0n) is 10.9. The predicted molar refractivity (Wildman–Crippen MR) is 76.4 cm³/mol. The number of halogens is 1. The molecule has 2 N–H and O–H groups in total. The van der Waals surface area contributed by atoms with E-state index in [1.54, 1.807) is 19.2 Å². The van der Waals surface area contributed by atoms with E-state index in [1.807, 2.05) is 6.07 Å². The van der Waals surface area contributed by atoms with Gasteiger partial charge >= 0.3 is 5.97 Å². The largest absolute Gasteiger partial charge is 0.478 e. The Bertz CT molecular complexity index is 466. The number of carbonyl (C=O) groups is 1. The van der Waals surface area contributed by atoms with Crippen molar-refractivity contribution in [2.24, 2.45) is 0 Å². The molecule has 1 aromatic carbocycles. The van der Waals surface area contributed by atoms with E-state index in [4.69, 9.17) is 9.84 Å². The molecule has 19 heavy (non-hydrogen) atoms. The second-order valence-corrected chi connectivity index (χ2v) is 5.81. The number of hydrogen-bond acceptors (Lipinski definition) is 3. The minimum Gasteiger partial charge on any atom is -0.478 e. The summed E-state index contributed by atoms with van der Waals surface area (Å²) in [4.78, 5) is 10.8. The van der Waals surface area contributed by atoms with Gasteiger partial charge in [-0.2, -0.15) is 0 Å². The molecule has 4 nitrogen and oxygen atoms in total. The molecular formula is C14H18BrNO3. The van der Waals surface area contributed by atoms with Crippen LogP contribution in [0.25, 0.3) is 0 Å². The van der Waals surface area contributed by atoms with Crippen molar-refractivity contribution < 1.29 is 14.6 Å². The van der Waals surface area contributed by atoms with E-state index in [0.717, 1.165) is 29.4 Å². The number of nitrogens with one attached hydrogen (secondary N) is 1. The maximum atomic E-state index is 10.8. The van der Waals surface area contributed by atoms with Crippen molar-refractivity contribution >= 4 is 21.9 Å². The first-order chi connectivity index (χ1) is 9.06. The van der Waals surface area contributed by atoms with Gasteiger partial charge in [-0.25, -0.2) is 4.79 Å². The van der Waals surface area contributed by atoms with Crippen LogP contribution in [0.5, 0.6) is 0 Å². The van der Waals surface area contributed by atoms with Crippen molar-refractivity contribution in [3.63, 3.8) is 0 Å². The number of benzene rings is 1. The van der Waals surface area contributed by atoms with Crippen molar-refractivity contribution in [3.05, 3.63) is 33.8 Å². The Labute approximate surface area is 121 Å². The quantitative estimate of drug-likeness (QED) is 0.843. The lowest BCUT2D eigenvalue weighted by Crippen LogP contribution is -2.47. The van der Waals surface area contributed by atoms with E-state index in [-0.39, 0.29) is 5.60 Å². The van der Waals surface area contributed by atoms with Gasteiger partial charge in [-0.1, -0.05) is 22.0 Å². The van der Waals surface area contributed by atoms with Crippen LogP contribution in [0.4, 0.5) is 0 Å². The highest BCUT2D eigenvalue weighted by Crippen LogP contribution is 2.34. The van der Waals surface area contributed by atoms with Crippen LogP contribution in [0.3, 0.4) is 0 Å². The maximum absolute atomic E-state index is 10.8. The fourth-order valence-electron chi connectivity index (χ4n) is 2.27. The van der Waals surface area contributed by atoms with E-state index in [9.17, 15) is 4.79 Å². The summed E-state index contributed by atoms with van der Waals surface area (Å²) in [6.45, 7) is 1.53. The first-order valence-corrected chi connectivity index (χ1v) is 7.13. The van der Waals surface area contributed by atoms with Crippen LogP contribution in [-0.2, 0) is 11.3 Å². The average Bonchev–Trinajstić information content (AvgIpc) is 2.34. The van der Waals surface area contributed by atoms with Crippen LogP contribution in [0.1, 0.15) is 35.2 Å². The number of rotatable bonds is 6. The summed E-state index contributed by atoms with van der Waals surface area (Å²) >= 11 is 3.41. The number of carboxylic acid groups (broad SMARTS) is 1. The molecule has 0 aliphatic heterocycles. The predicted octanol–water partition coefficient (Wildman–Crippen LogP) is 2.81. The van der Waals surface area contributed by atoms with Gasteiger partial charge in [-0.05, 0) is 37.0 Å². The molecule has 0 atom stereocenters. The van der Waals surface area contributed by atoms with Crippen molar-refractivity contribution in [1.29, 1.82) is 0 Å². The van der Waals surface area contributed by atoms with Gasteiger partial charge < -0.3 is 15.2 Å². The molecule has 1 aliphatic rings. The third-order valence-corrected chi connectivity index (χ3v) is 4.50. The molecule has 0 unspecified atom stereocenters. The van der Waals surface area contributed by atoms with Crippen LogP contribution >= 0.6 is 15.9 Å². The van der Waals surface area contributed by atoms with Gasteiger partial charge in [0.05, 0.1) is 11.2 Å². The number of ether oxygens (including phenoxy) is 1. The molecule has 0 spiro atoms. The van der Waals surface area contributed by atoms with Gasteiger partial charge in [0, 0.05) is 24.7 Å². The summed E-state index contributed by atoms with van der Waals surface area (Å²) in [6, 6.07) is 5.09. The summed E-state index contributed by atoms with van der Waals surface area (Å²) in [7, 11) is 1.76. The number of carboxylic acids is 1. The maximum Gasteiger partial charge on any atom is 0.335 e. The average molecular weight is 328 g/mol. The Balaban J connectivity index is 1.91. The number of methoxy groups -OCH3 is 1. The molecule has 0 aromatic heterocycles. The SMILES string of the molecule is COC1(CNCc2ccc(C(=O)O)cc2Br)CCC1. The molecule has 1 saturated carbocycles. The van der Waals surface area contributed by atoms with Crippen LogP contribution in [0.15, 0.2) is 22.7 Å². The van der Waals surface area contributed by atoms with Gasteiger partial charge in [-0.3, -0.25) is 0 Å². The van der Waals surface area contributed by atoms with E-state index in [2.05, 4.69) is 21.2 Å². The van der Waals surface area contributed by atoms with Gasteiger partial charge in [-0.15, -0.1) is 0 Å². The summed E-state index contributed by atoms with van der Waals surface area (Å²) < 4.78 is 6.36. The second-order valence-electron chi connectivity index (χ2n) is 4.96. The zero-order chi connectivity index (χ0) is 13.9. The Hall–Kier alpha value is -0.910. The molecule has 1 aromatic rings. The minimum atomic E-state index is -0.909. The molecule has 0 heterocycles. The third-order valence-electron chi connectivity index (χ3n) is 3.76. The summed E-state index contributed by atoms with van der Waals surface area (Å²) in [5.74, 6) is -0.909. The standard InChI is InChI=1S/C14H18BrNO3/c1-19-14(5-2-6-14)9-16-8-11-4-3-10(13(17)18)7-12(11)15/h3-4,7,16H,2,5-6,8-9H2,1H3,(H,17,18). The van der Waals surface area contributed by atoms with Gasteiger partial charge in [0.2, 0.25) is 0 Å². The van der Waals surface area contributed by atoms with E-state index >= 15 is 0 Å². The Morgan fingerprint density at radius 3 is 2.74 bits per heavy atom. The molecular weight excluding hydrogens is 310 g/mol. The van der Waals surface area contributed by atoms with Crippen LogP contribution in [0.2, 0.25) is 0 Å². The van der Waals surface area contributed by atoms with Crippen LogP contribution < -0.4 is 5.32 Å². The van der Waals surface area contributed by atoms with Crippen molar-refractivity contribution in [2.75, 3.05) is 13.7 Å². The monoisotopic (exact) mass is 327 g/mol. The van der Waals surface area contributed by atoms with Gasteiger partial charge in [0.1, 0.15) is 0 Å². The van der Waals surface area contributed by atoms with E-state index in [0.29, 0.717) is 12.1 Å². The summed E-state index contributed by atoms with van der Waals surface area (Å²) in [6.07, 6.45) is 3.44. The molecule has 5 heteroatoms. The lowest BCUT2D eigenvalue weighted by molar-refractivity contribution is -0.0695. The Morgan fingerprint density at radius 2 is 2.26 bits per heavy atom. The van der Waals surface area contributed by atoms with Crippen molar-refractivity contribution in [2.45, 2.75) is 31.4 Å². The zero-order valence-corrected chi connectivity index (χ0v) is 12.5. The minimum absolute atomic E-state index is 0.00742. The first-order valence-electron chi connectivity index (χ1n) is 6.34. The molecule has 1 aliphatic carbocycles. The normalized spacial score (nSPS) is 16.9. The lowest BCUT2D eigenvalue weighted by atomic mass is 9.80. The van der Waals surface area contributed by atoms with E-state index < -0.39 is 5.97 Å². The van der Waals surface area contributed by atoms with Crippen molar-refractivity contribution in [1.82, 2.24) is 5.32 Å². The topological polar surface area (TPSA) is 58.6 Å².